The first-order valence-electron chi connectivity index (χ1n) is 6.64. The molecule has 0 aromatic carbocycles. The van der Waals surface area contributed by atoms with E-state index in [0.717, 1.165) is 25.8 Å². The maximum Gasteiger partial charge on any atom is 0.306 e. The molecule has 0 saturated carbocycles. The van der Waals surface area contributed by atoms with Crippen molar-refractivity contribution < 1.29 is 14.3 Å². The Morgan fingerprint density at radius 1 is 1.24 bits per heavy atom. The average molecular weight is 241 g/mol. The summed E-state index contributed by atoms with van der Waals surface area (Å²) in [6.45, 7) is 5.12. The number of piperidine rings is 1. The number of hydrogen-bond donors (Lipinski definition) is 0. The zero-order chi connectivity index (χ0) is 12.7. The van der Waals surface area contributed by atoms with E-state index in [1.165, 1.54) is 6.42 Å². The third-order valence-corrected chi connectivity index (χ3v) is 3.27. The highest BCUT2D eigenvalue weighted by atomic mass is 16.5. The lowest BCUT2D eigenvalue weighted by Gasteiger charge is -2.35. The lowest BCUT2D eigenvalue weighted by molar-refractivity contribution is -0.146. The van der Waals surface area contributed by atoms with Crippen molar-refractivity contribution in [3.05, 3.63) is 0 Å². The molecule has 0 radical (unpaired) electrons. The molecule has 0 aliphatic carbocycles. The van der Waals surface area contributed by atoms with Gasteiger partial charge < -0.3 is 9.64 Å². The van der Waals surface area contributed by atoms with E-state index in [9.17, 15) is 9.59 Å². The largest absolute Gasteiger partial charge is 0.466 e. The van der Waals surface area contributed by atoms with Crippen molar-refractivity contribution in [2.24, 2.45) is 0 Å². The van der Waals surface area contributed by atoms with E-state index >= 15 is 0 Å². The highest BCUT2D eigenvalue weighted by Crippen LogP contribution is 2.20. The van der Waals surface area contributed by atoms with E-state index in [1.54, 1.807) is 6.92 Å². The Balaban J connectivity index is 2.37. The molecule has 0 N–H and O–H groups in total. The van der Waals surface area contributed by atoms with Crippen LogP contribution < -0.4 is 0 Å². The molecule has 98 valence electrons. The van der Waals surface area contributed by atoms with Gasteiger partial charge in [0.05, 0.1) is 13.0 Å². The molecule has 4 nitrogen and oxygen atoms in total. The van der Waals surface area contributed by atoms with Crippen LogP contribution in [0.25, 0.3) is 0 Å². The van der Waals surface area contributed by atoms with E-state index in [4.69, 9.17) is 4.74 Å². The molecular formula is C13H23NO3. The molecule has 0 unspecified atom stereocenters. The van der Waals surface area contributed by atoms with Crippen LogP contribution in [0.5, 0.6) is 0 Å². The minimum Gasteiger partial charge on any atom is -0.466 e. The van der Waals surface area contributed by atoms with Gasteiger partial charge in [0.25, 0.3) is 0 Å². The Bertz CT molecular complexity index is 265. The number of ether oxygens (including phenoxy) is 1. The minimum absolute atomic E-state index is 0.101. The number of amides is 1. The van der Waals surface area contributed by atoms with Crippen LogP contribution >= 0.6 is 0 Å². The van der Waals surface area contributed by atoms with E-state index in [0.29, 0.717) is 12.6 Å². The summed E-state index contributed by atoms with van der Waals surface area (Å²) >= 11 is 0. The van der Waals surface area contributed by atoms with Crippen LogP contribution in [0.2, 0.25) is 0 Å². The lowest BCUT2D eigenvalue weighted by atomic mass is 9.99. The summed E-state index contributed by atoms with van der Waals surface area (Å²) < 4.78 is 4.82. The first-order chi connectivity index (χ1) is 8.19. The van der Waals surface area contributed by atoms with Crippen LogP contribution in [-0.2, 0) is 14.3 Å². The summed E-state index contributed by atoms with van der Waals surface area (Å²) in [6, 6.07) is 0.374. The van der Waals surface area contributed by atoms with Gasteiger partial charge in [-0.25, -0.2) is 0 Å². The van der Waals surface area contributed by atoms with Gasteiger partial charge in [-0.1, -0.05) is 6.92 Å². The predicted molar refractivity (Wildman–Crippen MR) is 65.5 cm³/mol. The summed E-state index contributed by atoms with van der Waals surface area (Å²) in [4.78, 5) is 25.1. The van der Waals surface area contributed by atoms with E-state index in [-0.39, 0.29) is 24.7 Å². The zero-order valence-electron chi connectivity index (χ0n) is 10.9. The monoisotopic (exact) mass is 241 g/mol. The van der Waals surface area contributed by atoms with Gasteiger partial charge in [-0.05, 0) is 32.6 Å². The van der Waals surface area contributed by atoms with Crippen molar-refractivity contribution in [2.75, 3.05) is 13.2 Å². The van der Waals surface area contributed by atoms with E-state index in [2.05, 4.69) is 6.92 Å². The van der Waals surface area contributed by atoms with E-state index in [1.807, 2.05) is 4.90 Å². The van der Waals surface area contributed by atoms with Crippen molar-refractivity contribution in [1.82, 2.24) is 4.90 Å². The molecular weight excluding hydrogens is 218 g/mol. The lowest BCUT2D eigenvalue weighted by Crippen LogP contribution is -2.43. The highest BCUT2D eigenvalue weighted by Gasteiger charge is 2.25. The van der Waals surface area contributed by atoms with Crippen molar-refractivity contribution >= 4 is 11.9 Å². The van der Waals surface area contributed by atoms with Gasteiger partial charge in [0.2, 0.25) is 5.91 Å². The Morgan fingerprint density at radius 2 is 2.00 bits per heavy atom. The van der Waals surface area contributed by atoms with Gasteiger partial charge >= 0.3 is 5.97 Å². The fraction of sp³-hybridized carbons (Fsp3) is 0.846. The molecule has 1 amide bonds. The molecule has 4 heteroatoms. The molecule has 1 fully saturated rings. The quantitative estimate of drug-likeness (QED) is 0.693. The number of esters is 1. The van der Waals surface area contributed by atoms with Gasteiger partial charge in [0, 0.05) is 19.0 Å². The van der Waals surface area contributed by atoms with Crippen LogP contribution in [0, 0.1) is 0 Å². The van der Waals surface area contributed by atoms with Gasteiger partial charge in [0.1, 0.15) is 0 Å². The number of rotatable bonds is 5. The molecule has 1 aliphatic heterocycles. The Kier molecular flexibility index (Phi) is 6.01. The number of carbonyl (C=O) groups is 2. The standard InChI is InChI=1S/C13H23NO3/c1-3-11-7-5-6-10-14(11)12(15)8-9-13(16)17-4-2/h11H,3-10H2,1-2H3/t11-/m0/s1. The minimum atomic E-state index is -0.272. The van der Waals surface area contributed by atoms with Gasteiger partial charge in [-0.2, -0.15) is 0 Å². The summed E-state index contributed by atoms with van der Waals surface area (Å²) in [6.07, 6.45) is 4.89. The molecule has 1 aliphatic rings. The highest BCUT2D eigenvalue weighted by molar-refractivity contribution is 5.81. The molecule has 17 heavy (non-hydrogen) atoms. The second kappa shape index (κ2) is 7.30. The van der Waals surface area contributed by atoms with Crippen molar-refractivity contribution in [2.45, 2.75) is 58.4 Å². The number of carbonyl (C=O) groups excluding carboxylic acids is 2. The summed E-state index contributed by atoms with van der Waals surface area (Å²) in [5.41, 5.74) is 0. The maximum absolute atomic E-state index is 12.0. The molecule has 1 atom stereocenters. The van der Waals surface area contributed by atoms with Gasteiger partial charge in [-0.15, -0.1) is 0 Å². The summed E-state index contributed by atoms with van der Waals surface area (Å²) in [5.74, 6) is -0.171. The normalized spacial score (nSPS) is 20.1. The Labute approximate surface area is 103 Å². The molecule has 1 saturated heterocycles. The van der Waals surface area contributed by atoms with Crippen LogP contribution in [0.3, 0.4) is 0 Å². The molecule has 0 spiro atoms. The van der Waals surface area contributed by atoms with Crippen LogP contribution in [0.4, 0.5) is 0 Å². The fourth-order valence-corrected chi connectivity index (χ4v) is 2.34. The second-order valence-electron chi connectivity index (χ2n) is 4.45. The van der Waals surface area contributed by atoms with Gasteiger partial charge in [0.15, 0.2) is 0 Å². The van der Waals surface area contributed by atoms with Crippen LogP contribution in [0.1, 0.15) is 52.4 Å². The SMILES string of the molecule is CCOC(=O)CCC(=O)N1CCCC[C@@H]1CC. The summed E-state index contributed by atoms with van der Waals surface area (Å²) in [7, 11) is 0. The molecule has 1 heterocycles. The topological polar surface area (TPSA) is 46.6 Å². The summed E-state index contributed by atoms with van der Waals surface area (Å²) in [5, 5.41) is 0. The maximum atomic E-state index is 12.0. The number of nitrogens with zero attached hydrogens (tertiary/aromatic N) is 1. The zero-order valence-corrected chi connectivity index (χ0v) is 10.9. The van der Waals surface area contributed by atoms with Crippen molar-refractivity contribution in [1.29, 1.82) is 0 Å². The van der Waals surface area contributed by atoms with E-state index < -0.39 is 0 Å². The Hall–Kier alpha value is -1.06. The van der Waals surface area contributed by atoms with Crippen molar-refractivity contribution in [3.8, 4) is 0 Å². The van der Waals surface area contributed by atoms with Gasteiger partial charge in [-0.3, -0.25) is 9.59 Å². The fourth-order valence-electron chi connectivity index (χ4n) is 2.34. The average Bonchev–Trinajstić information content (AvgIpc) is 2.36. The molecule has 0 aromatic heterocycles. The second-order valence-corrected chi connectivity index (χ2v) is 4.45. The molecule has 0 bridgehead atoms. The van der Waals surface area contributed by atoms with Crippen LogP contribution in [0.15, 0.2) is 0 Å². The third-order valence-electron chi connectivity index (χ3n) is 3.27. The van der Waals surface area contributed by atoms with Crippen molar-refractivity contribution in [3.63, 3.8) is 0 Å². The first-order valence-corrected chi connectivity index (χ1v) is 6.64. The third kappa shape index (κ3) is 4.36. The predicted octanol–water partition coefficient (Wildman–Crippen LogP) is 2.12. The van der Waals surface area contributed by atoms with Crippen LogP contribution in [-0.4, -0.2) is 36.0 Å². The first kappa shape index (κ1) is 14.0. The number of hydrogen-bond acceptors (Lipinski definition) is 3. The molecule has 1 rings (SSSR count). The number of likely N-dealkylation sites (tertiary alicyclic amines) is 1. The Morgan fingerprint density at radius 3 is 2.65 bits per heavy atom. The molecule has 0 aromatic rings. The smallest absolute Gasteiger partial charge is 0.306 e.